The van der Waals surface area contributed by atoms with Crippen molar-refractivity contribution in [1.29, 1.82) is 0 Å². The first-order chi connectivity index (χ1) is 15.5. The third kappa shape index (κ3) is 7.41. The zero-order valence-electron chi connectivity index (χ0n) is 18.9. The molecule has 0 saturated heterocycles. The van der Waals surface area contributed by atoms with Crippen molar-refractivity contribution in [3.05, 3.63) is 95.9 Å². The fraction of sp³-hybridized carbons (Fsp3) is 0.333. The Morgan fingerprint density at radius 1 is 0.781 bits per heavy atom. The highest BCUT2D eigenvalue weighted by atomic mass is 16.3. The second kappa shape index (κ2) is 11.9. The molecule has 0 saturated carbocycles. The molecule has 0 unspecified atom stereocenters. The van der Waals surface area contributed by atoms with Gasteiger partial charge in [0.1, 0.15) is 5.76 Å². The van der Waals surface area contributed by atoms with Crippen molar-refractivity contribution in [3.63, 3.8) is 0 Å². The maximum atomic E-state index is 13.3. The van der Waals surface area contributed by atoms with Gasteiger partial charge in [0.25, 0.3) is 0 Å². The summed E-state index contributed by atoms with van der Waals surface area (Å²) in [5.74, 6) is 0.920. The summed E-state index contributed by atoms with van der Waals surface area (Å²) in [6.45, 7) is 5.58. The highest BCUT2D eigenvalue weighted by molar-refractivity contribution is 5.85. The minimum absolute atomic E-state index is 0.00793. The maximum absolute atomic E-state index is 13.3. The molecule has 0 atom stereocenters. The molecule has 0 bridgehead atoms. The van der Waals surface area contributed by atoms with E-state index in [1.165, 1.54) is 0 Å². The van der Waals surface area contributed by atoms with Gasteiger partial charge in [-0.05, 0) is 35.6 Å². The van der Waals surface area contributed by atoms with Crippen LogP contribution < -0.4 is 0 Å². The van der Waals surface area contributed by atoms with Gasteiger partial charge in [0.2, 0.25) is 11.8 Å². The van der Waals surface area contributed by atoms with Crippen molar-refractivity contribution in [3.8, 4) is 0 Å². The summed E-state index contributed by atoms with van der Waals surface area (Å²) in [7, 11) is 0. The van der Waals surface area contributed by atoms with Crippen molar-refractivity contribution in [1.82, 2.24) is 9.80 Å². The second-order valence-electron chi connectivity index (χ2n) is 8.47. The van der Waals surface area contributed by atoms with Crippen LogP contribution in [0.3, 0.4) is 0 Å². The topological polar surface area (TPSA) is 53.8 Å². The van der Waals surface area contributed by atoms with E-state index in [2.05, 4.69) is 13.8 Å². The Labute approximate surface area is 190 Å². The van der Waals surface area contributed by atoms with Gasteiger partial charge in [0, 0.05) is 19.5 Å². The van der Waals surface area contributed by atoms with Crippen molar-refractivity contribution in [2.45, 2.75) is 39.8 Å². The summed E-state index contributed by atoms with van der Waals surface area (Å²) in [5.41, 5.74) is 2.17. The minimum Gasteiger partial charge on any atom is -0.467 e. The predicted octanol–water partition coefficient (Wildman–Crippen LogP) is 4.93. The average molecular weight is 433 g/mol. The second-order valence-corrected chi connectivity index (χ2v) is 8.47. The molecular formula is C27H32N2O3. The van der Waals surface area contributed by atoms with Crippen molar-refractivity contribution < 1.29 is 14.0 Å². The number of nitrogens with zero attached hydrogens (tertiary/aromatic N) is 2. The monoisotopic (exact) mass is 432 g/mol. The molecule has 3 rings (SSSR count). The standard InChI is InChI=1S/C27H32N2O3/c1-22(2)18-28(26(30)16-15-23-10-5-3-6-11-23)21-27(31)29(20-25-14-9-17-32-25)19-24-12-7-4-8-13-24/h3-14,17,22H,15-16,18-21H2,1-2H3. The molecule has 168 valence electrons. The van der Waals surface area contributed by atoms with Crippen LogP contribution in [0.1, 0.15) is 37.2 Å². The molecule has 5 nitrogen and oxygen atoms in total. The first kappa shape index (κ1) is 23.3. The molecule has 0 spiro atoms. The first-order valence-corrected chi connectivity index (χ1v) is 11.2. The molecule has 0 aliphatic rings. The molecule has 32 heavy (non-hydrogen) atoms. The van der Waals surface area contributed by atoms with Gasteiger partial charge >= 0.3 is 0 Å². The summed E-state index contributed by atoms with van der Waals surface area (Å²) in [4.78, 5) is 29.8. The average Bonchev–Trinajstić information content (AvgIpc) is 3.31. The molecular weight excluding hydrogens is 400 g/mol. The lowest BCUT2D eigenvalue weighted by molar-refractivity contribution is -0.141. The van der Waals surface area contributed by atoms with Crippen LogP contribution in [-0.4, -0.2) is 34.7 Å². The van der Waals surface area contributed by atoms with E-state index >= 15 is 0 Å². The van der Waals surface area contributed by atoms with Crippen LogP contribution in [0.4, 0.5) is 0 Å². The van der Waals surface area contributed by atoms with E-state index in [1.807, 2.05) is 72.8 Å². The third-order valence-corrected chi connectivity index (χ3v) is 5.23. The molecule has 1 heterocycles. The number of furan rings is 1. The molecule has 5 heteroatoms. The molecule has 0 radical (unpaired) electrons. The zero-order chi connectivity index (χ0) is 22.8. The van der Waals surface area contributed by atoms with Crippen LogP contribution >= 0.6 is 0 Å². The Kier molecular flexibility index (Phi) is 8.67. The van der Waals surface area contributed by atoms with Crippen LogP contribution in [0.2, 0.25) is 0 Å². The largest absolute Gasteiger partial charge is 0.467 e. The molecule has 0 N–H and O–H groups in total. The van der Waals surface area contributed by atoms with Gasteiger partial charge in [-0.3, -0.25) is 9.59 Å². The maximum Gasteiger partial charge on any atom is 0.242 e. The number of carbonyl (C=O) groups is 2. The summed E-state index contributed by atoms with van der Waals surface area (Å²) in [6, 6.07) is 23.5. The number of hydrogen-bond acceptors (Lipinski definition) is 3. The van der Waals surface area contributed by atoms with Gasteiger partial charge in [0.15, 0.2) is 0 Å². The normalized spacial score (nSPS) is 10.8. The third-order valence-electron chi connectivity index (χ3n) is 5.23. The quantitative estimate of drug-likeness (QED) is 0.432. The molecule has 3 aromatic rings. The Balaban J connectivity index is 1.69. The van der Waals surface area contributed by atoms with Crippen molar-refractivity contribution >= 4 is 11.8 Å². The Morgan fingerprint density at radius 3 is 2.03 bits per heavy atom. The Bertz CT molecular complexity index is 953. The number of benzene rings is 2. The van der Waals surface area contributed by atoms with Crippen LogP contribution in [-0.2, 0) is 29.1 Å². The van der Waals surface area contributed by atoms with Gasteiger partial charge in [0.05, 0.1) is 19.4 Å². The number of amides is 2. The van der Waals surface area contributed by atoms with E-state index in [1.54, 1.807) is 16.1 Å². The fourth-order valence-corrected chi connectivity index (χ4v) is 3.64. The molecule has 0 aliphatic carbocycles. The number of rotatable bonds is 11. The first-order valence-electron chi connectivity index (χ1n) is 11.2. The Hall–Kier alpha value is -3.34. The SMILES string of the molecule is CC(C)CN(CC(=O)N(Cc1ccccc1)Cc1ccco1)C(=O)CCc1ccccc1. The van der Waals surface area contributed by atoms with E-state index < -0.39 is 0 Å². The lowest BCUT2D eigenvalue weighted by atomic mass is 10.1. The minimum atomic E-state index is -0.0843. The van der Waals surface area contributed by atoms with Gasteiger partial charge in [-0.2, -0.15) is 0 Å². The molecule has 0 aliphatic heterocycles. The molecule has 2 aromatic carbocycles. The number of carbonyl (C=O) groups excluding carboxylic acids is 2. The van der Waals surface area contributed by atoms with Crippen LogP contribution in [0.25, 0.3) is 0 Å². The molecule has 0 fully saturated rings. The fourth-order valence-electron chi connectivity index (χ4n) is 3.64. The summed E-state index contributed by atoms with van der Waals surface area (Å²) in [6.07, 6.45) is 2.67. The highest BCUT2D eigenvalue weighted by Gasteiger charge is 2.23. The summed E-state index contributed by atoms with van der Waals surface area (Å²) >= 11 is 0. The van der Waals surface area contributed by atoms with E-state index in [9.17, 15) is 9.59 Å². The molecule has 1 aromatic heterocycles. The lowest BCUT2D eigenvalue weighted by Crippen LogP contribution is -2.44. The zero-order valence-corrected chi connectivity index (χ0v) is 18.9. The summed E-state index contributed by atoms with van der Waals surface area (Å²) < 4.78 is 5.48. The van der Waals surface area contributed by atoms with Gasteiger partial charge in [-0.15, -0.1) is 0 Å². The van der Waals surface area contributed by atoms with Gasteiger partial charge in [-0.25, -0.2) is 0 Å². The van der Waals surface area contributed by atoms with Crippen molar-refractivity contribution in [2.24, 2.45) is 5.92 Å². The lowest BCUT2D eigenvalue weighted by Gasteiger charge is -2.28. The number of aryl methyl sites for hydroxylation is 1. The van der Waals surface area contributed by atoms with Crippen LogP contribution in [0.15, 0.2) is 83.5 Å². The smallest absolute Gasteiger partial charge is 0.242 e. The highest BCUT2D eigenvalue weighted by Crippen LogP contribution is 2.13. The van der Waals surface area contributed by atoms with Crippen LogP contribution in [0, 0.1) is 5.92 Å². The van der Waals surface area contributed by atoms with Crippen LogP contribution in [0.5, 0.6) is 0 Å². The van der Waals surface area contributed by atoms with Crippen molar-refractivity contribution in [2.75, 3.05) is 13.1 Å². The van der Waals surface area contributed by atoms with E-state index in [0.717, 1.165) is 16.9 Å². The van der Waals surface area contributed by atoms with Gasteiger partial charge < -0.3 is 14.2 Å². The van der Waals surface area contributed by atoms with Gasteiger partial charge in [-0.1, -0.05) is 74.5 Å². The van der Waals surface area contributed by atoms with E-state index in [-0.39, 0.29) is 24.3 Å². The molecule has 2 amide bonds. The van der Waals surface area contributed by atoms with E-state index in [4.69, 9.17) is 4.42 Å². The number of hydrogen-bond donors (Lipinski definition) is 0. The predicted molar refractivity (Wildman–Crippen MR) is 126 cm³/mol. The summed E-state index contributed by atoms with van der Waals surface area (Å²) in [5, 5.41) is 0. The Morgan fingerprint density at radius 2 is 1.44 bits per heavy atom. The van der Waals surface area contributed by atoms with E-state index in [0.29, 0.717) is 32.5 Å².